The quantitative estimate of drug-likeness (QED) is 0.756. The van der Waals surface area contributed by atoms with Gasteiger partial charge in [0.05, 0.1) is 12.2 Å². The molecule has 2 aromatic carbocycles. The molecule has 0 N–H and O–H groups in total. The third-order valence-electron chi connectivity index (χ3n) is 2.87. The summed E-state index contributed by atoms with van der Waals surface area (Å²) in [5, 5.41) is 1.95. The van der Waals surface area contributed by atoms with Crippen LogP contribution in [0.2, 0.25) is 0 Å². The second-order valence-electron chi connectivity index (χ2n) is 4.24. The van der Waals surface area contributed by atoms with Gasteiger partial charge < -0.3 is 4.74 Å². The van der Waals surface area contributed by atoms with Crippen molar-refractivity contribution in [3.05, 3.63) is 54.1 Å². The van der Waals surface area contributed by atoms with Gasteiger partial charge in [0.15, 0.2) is 0 Å². The summed E-state index contributed by atoms with van der Waals surface area (Å²) in [6.07, 6.45) is 0. The zero-order valence-corrected chi connectivity index (χ0v) is 10.7. The van der Waals surface area contributed by atoms with Crippen LogP contribution in [-0.4, -0.2) is 12.6 Å². The summed E-state index contributed by atoms with van der Waals surface area (Å²) >= 11 is 0. The van der Waals surface area contributed by atoms with Gasteiger partial charge in [0, 0.05) is 0 Å². The van der Waals surface area contributed by atoms with Crippen LogP contribution in [0.25, 0.3) is 16.3 Å². The van der Waals surface area contributed by atoms with Gasteiger partial charge in [0.25, 0.3) is 0 Å². The molecular formula is C16H16O2. The van der Waals surface area contributed by atoms with Crippen LogP contribution >= 0.6 is 0 Å². The number of carbonyl (C=O) groups is 1. The fourth-order valence-electron chi connectivity index (χ4n) is 1.94. The molecule has 2 heteroatoms. The van der Waals surface area contributed by atoms with Crippen molar-refractivity contribution in [3.63, 3.8) is 0 Å². The molecule has 0 aromatic heterocycles. The topological polar surface area (TPSA) is 26.3 Å². The van der Waals surface area contributed by atoms with E-state index in [0.29, 0.717) is 12.2 Å². The molecule has 0 aliphatic carbocycles. The van der Waals surface area contributed by atoms with Gasteiger partial charge >= 0.3 is 5.97 Å². The van der Waals surface area contributed by atoms with E-state index in [1.54, 1.807) is 6.07 Å². The van der Waals surface area contributed by atoms with Gasteiger partial charge in [-0.1, -0.05) is 36.4 Å². The molecular weight excluding hydrogens is 224 g/mol. The predicted octanol–water partition coefficient (Wildman–Crippen LogP) is 4.05. The van der Waals surface area contributed by atoms with E-state index in [2.05, 4.69) is 6.58 Å². The maximum atomic E-state index is 11.8. The molecule has 0 saturated heterocycles. The van der Waals surface area contributed by atoms with Crippen LogP contribution in [0, 0.1) is 0 Å². The highest BCUT2D eigenvalue weighted by atomic mass is 16.5. The molecule has 0 fully saturated rings. The van der Waals surface area contributed by atoms with Gasteiger partial charge in [-0.2, -0.15) is 0 Å². The van der Waals surface area contributed by atoms with Crippen molar-refractivity contribution in [2.45, 2.75) is 13.8 Å². The number of hydrogen-bond donors (Lipinski definition) is 0. The molecule has 18 heavy (non-hydrogen) atoms. The number of carbonyl (C=O) groups excluding carboxylic acids is 1. The van der Waals surface area contributed by atoms with E-state index in [-0.39, 0.29) is 5.97 Å². The number of fused-ring (bicyclic) bond motifs is 1. The maximum Gasteiger partial charge on any atom is 0.338 e. The molecule has 0 amide bonds. The van der Waals surface area contributed by atoms with Crippen LogP contribution < -0.4 is 0 Å². The Morgan fingerprint density at radius 2 is 2.06 bits per heavy atom. The molecule has 0 atom stereocenters. The highest BCUT2D eigenvalue weighted by Crippen LogP contribution is 2.23. The summed E-state index contributed by atoms with van der Waals surface area (Å²) in [7, 11) is 0. The van der Waals surface area contributed by atoms with Crippen molar-refractivity contribution in [3.8, 4) is 0 Å². The van der Waals surface area contributed by atoms with Crippen LogP contribution in [0.4, 0.5) is 0 Å². The SMILES string of the molecule is C=C(C)c1ccc2c(C(=O)OCC)cccc2c1. The highest BCUT2D eigenvalue weighted by Gasteiger charge is 2.10. The molecule has 2 rings (SSSR count). The van der Waals surface area contributed by atoms with Gasteiger partial charge in [0.1, 0.15) is 0 Å². The first-order valence-corrected chi connectivity index (χ1v) is 5.99. The normalized spacial score (nSPS) is 10.3. The van der Waals surface area contributed by atoms with E-state index in [4.69, 9.17) is 4.74 Å². The Morgan fingerprint density at radius 3 is 2.72 bits per heavy atom. The molecule has 92 valence electrons. The minimum absolute atomic E-state index is 0.272. The van der Waals surface area contributed by atoms with Crippen LogP contribution in [0.15, 0.2) is 43.0 Å². The van der Waals surface area contributed by atoms with Crippen LogP contribution in [0.1, 0.15) is 29.8 Å². The first-order chi connectivity index (χ1) is 8.63. The smallest absolute Gasteiger partial charge is 0.338 e. The fourth-order valence-corrected chi connectivity index (χ4v) is 1.94. The van der Waals surface area contributed by atoms with Crippen LogP contribution in [0.3, 0.4) is 0 Å². The van der Waals surface area contributed by atoms with E-state index in [1.807, 2.05) is 44.2 Å². The van der Waals surface area contributed by atoms with Gasteiger partial charge in [-0.25, -0.2) is 4.79 Å². The predicted molar refractivity (Wildman–Crippen MR) is 74.6 cm³/mol. The fraction of sp³-hybridized carbons (Fsp3) is 0.188. The van der Waals surface area contributed by atoms with Crippen molar-refractivity contribution < 1.29 is 9.53 Å². The molecule has 2 nitrogen and oxygen atoms in total. The average molecular weight is 240 g/mol. The first-order valence-electron chi connectivity index (χ1n) is 5.99. The molecule has 0 heterocycles. The summed E-state index contributed by atoms with van der Waals surface area (Å²) in [6.45, 7) is 8.09. The molecule has 0 spiro atoms. The number of hydrogen-bond acceptors (Lipinski definition) is 2. The zero-order chi connectivity index (χ0) is 13.1. The zero-order valence-electron chi connectivity index (χ0n) is 10.7. The summed E-state index contributed by atoms with van der Waals surface area (Å²) in [4.78, 5) is 11.8. The molecule has 0 radical (unpaired) electrons. The molecule has 0 aliphatic rings. The van der Waals surface area contributed by atoms with E-state index in [9.17, 15) is 4.79 Å². The van der Waals surface area contributed by atoms with Gasteiger partial charge in [0.2, 0.25) is 0 Å². The second-order valence-corrected chi connectivity index (χ2v) is 4.24. The van der Waals surface area contributed by atoms with Crippen LogP contribution in [-0.2, 0) is 4.74 Å². The maximum absolute atomic E-state index is 11.8. The third-order valence-corrected chi connectivity index (χ3v) is 2.87. The molecule has 0 unspecified atom stereocenters. The van der Waals surface area contributed by atoms with Gasteiger partial charge in [-0.15, -0.1) is 0 Å². The van der Waals surface area contributed by atoms with Crippen molar-refractivity contribution in [1.29, 1.82) is 0 Å². The first kappa shape index (κ1) is 12.4. The Hall–Kier alpha value is -2.09. The number of rotatable bonds is 3. The van der Waals surface area contributed by atoms with Crippen molar-refractivity contribution in [2.75, 3.05) is 6.61 Å². The third kappa shape index (κ3) is 2.28. The second kappa shape index (κ2) is 5.05. The highest BCUT2D eigenvalue weighted by molar-refractivity contribution is 6.05. The molecule has 0 saturated carbocycles. The Kier molecular flexibility index (Phi) is 3.47. The Morgan fingerprint density at radius 1 is 1.28 bits per heavy atom. The minimum Gasteiger partial charge on any atom is -0.462 e. The Balaban J connectivity index is 2.57. The molecule has 0 aliphatic heterocycles. The lowest BCUT2D eigenvalue weighted by Crippen LogP contribution is -2.05. The van der Waals surface area contributed by atoms with Crippen molar-refractivity contribution in [2.24, 2.45) is 0 Å². The summed E-state index contributed by atoms with van der Waals surface area (Å²) in [5.41, 5.74) is 2.71. The number of benzene rings is 2. The monoisotopic (exact) mass is 240 g/mol. The van der Waals surface area contributed by atoms with Crippen LogP contribution in [0.5, 0.6) is 0 Å². The minimum atomic E-state index is -0.272. The standard InChI is InChI=1S/C16H16O2/c1-4-18-16(17)15-7-5-6-13-10-12(11(2)3)8-9-14(13)15/h5-10H,2,4H2,1,3H3. The number of esters is 1. The lowest BCUT2D eigenvalue weighted by molar-refractivity contribution is 0.0528. The van der Waals surface area contributed by atoms with Gasteiger partial charge in [-0.05, 0) is 42.3 Å². The summed E-state index contributed by atoms with van der Waals surface area (Å²) < 4.78 is 5.06. The number of allylic oxidation sites excluding steroid dienone is 1. The van der Waals surface area contributed by atoms with E-state index >= 15 is 0 Å². The average Bonchev–Trinajstić information content (AvgIpc) is 2.37. The van der Waals surface area contributed by atoms with Crippen molar-refractivity contribution >= 4 is 22.3 Å². The van der Waals surface area contributed by atoms with Gasteiger partial charge in [-0.3, -0.25) is 0 Å². The summed E-state index contributed by atoms with van der Waals surface area (Å²) in [6, 6.07) is 11.6. The Labute approximate surface area is 107 Å². The largest absolute Gasteiger partial charge is 0.462 e. The Bertz CT molecular complexity index is 612. The molecule has 2 aromatic rings. The molecule has 0 bridgehead atoms. The summed E-state index contributed by atoms with van der Waals surface area (Å²) in [5.74, 6) is -0.272. The van der Waals surface area contributed by atoms with Crippen molar-refractivity contribution in [1.82, 2.24) is 0 Å². The number of ether oxygens (including phenoxy) is 1. The van der Waals surface area contributed by atoms with E-state index in [1.165, 1.54) is 0 Å². The lowest BCUT2D eigenvalue weighted by atomic mass is 10.00. The van der Waals surface area contributed by atoms with E-state index < -0.39 is 0 Å². The van der Waals surface area contributed by atoms with E-state index in [0.717, 1.165) is 21.9 Å². The lowest BCUT2D eigenvalue weighted by Gasteiger charge is -2.07.